The van der Waals surface area contributed by atoms with Crippen molar-refractivity contribution in [3.8, 4) is 0 Å². The van der Waals surface area contributed by atoms with Gasteiger partial charge in [-0.2, -0.15) is 0 Å². The van der Waals surface area contributed by atoms with Crippen molar-refractivity contribution in [1.82, 2.24) is 5.32 Å². The maximum atomic E-state index is 12.2. The van der Waals surface area contributed by atoms with Gasteiger partial charge in [0.15, 0.2) is 0 Å². The Balaban J connectivity index is 2.19. The number of rotatable bonds is 4. The van der Waals surface area contributed by atoms with Crippen LogP contribution >= 0.6 is 0 Å². The Morgan fingerprint density at radius 1 is 1.32 bits per heavy atom. The molecular weight excluding hydrogens is 276 g/mol. The second-order valence-electron chi connectivity index (χ2n) is 7.72. The van der Waals surface area contributed by atoms with Crippen molar-refractivity contribution in [1.29, 1.82) is 0 Å². The Morgan fingerprint density at radius 2 is 1.91 bits per heavy atom. The van der Waals surface area contributed by atoms with Gasteiger partial charge < -0.3 is 15.8 Å². The minimum Gasteiger partial charge on any atom is -0.444 e. The van der Waals surface area contributed by atoms with E-state index in [0.29, 0.717) is 18.4 Å². The van der Waals surface area contributed by atoms with Crippen LogP contribution in [0.3, 0.4) is 0 Å². The van der Waals surface area contributed by atoms with Crippen LogP contribution in [-0.2, 0) is 4.74 Å². The summed E-state index contributed by atoms with van der Waals surface area (Å²) in [7, 11) is 0. The number of carbonyl (C=O) groups is 1. The molecule has 3 N–H and O–H groups in total. The SMILES string of the molecule is CC(C)(C)OC(=O)NC(c1ccccc1)[C@H]1[C@H](CN)C1(C)C. The molecule has 3 atom stereocenters. The number of hydrogen-bond acceptors (Lipinski definition) is 3. The predicted molar refractivity (Wildman–Crippen MR) is 88.4 cm³/mol. The van der Waals surface area contributed by atoms with Crippen molar-refractivity contribution in [3.05, 3.63) is 35.9 Å². The molecule has 0 heterocycles. The van der Waals surface area contributed by atoms with E-state index in [1.165, 1.54) is 0 Å². The van der Waals surface area contributed by atoms with Crippen LogP contribution in [0.1, 0.15) is 46.2 Å². The summed E-state index contributed by atoms with van der Waals surface area (Å²) in [5.74, 6) is 0.736. The zero-order chi connectivity index (χ0) is 16.5. The summed E-state index contributed by atoms with van der Waals surface area (Å²) < 4.78 is 5.42. The second kappa shape index (κ2) is 5.92. The van der Waals surface area contributed by atoms with E-state index in [2.05, 4.69) is 19.2 Å². The topological polar surface area (TPSA) is 64.3 Å². The lowest BCUT2D eigenvalue weighted by Crippen LogP contribution is -2.36. The quantitative estimate of drug-likeness (QED) is 0.895. The number of nitrogens with two attached hydrogens (primary N) is 1. The van der Waals surface area contributed by atoms with Gasteiger partial charge in [-0.1, -0.05) is 44.2 Å². The highest BCUT2D eigenvalue weighted by Crippen LogP contribution is 2.62. The number of nitrogens with one attached hydrogen (secondary N) is 1. The second-order valence-corrected chi connectivity index (χ2v) is 7.72. The first-order valence-corrected chi connectivity index (χ1v) is 7.91. The zero-order valence-corrected chi connectivity index (χ0v) is 14.2. The lowest BCUT2D eigenvalue weighted by Gasteiger charge is -2.25. The van der Waals surface area contributed by atoms with Gasteiger partial charge in [-0.3, -0.25) is 0 Å². The molecule has 0 spiro atoms. The minimum atomic E-state index is -0.502. The monoisotopic (exact) mass is 304 g/mol. The van der Waals surface area contributed by atoms with Crippen LogP contribution in [0.2, 0.25) is 0 Å². The Hall–Kier alpha value is -1.55. The van der Waals surface area contributed by atoms with Crippen LogP contribution in [0.5, 0.6) is 0 Å². The number of alkyl carbamates (subject to hydrolysis) is 1. The third-order valence-corrected chi connectivity index (χ3v) is 4.58. The lowest BCUT2D eigenvalue weighted by atomic mass is 9.97. The van der Waals surface area contributed by atoms with E-state index in [4.69, 9.17) is 10.5 Å². The average molecular weight is 304 g/mol. The molecule has 0 radical (unpaired) electrons. The Labute approximate surface area is 133 Å². The van der Waals surface area contributed by atoms with E-state index in [9.17, 15) is 4.79 Å². The highest BCUT2D eigenvalue weighted by atomic mass is 16.6. The van der Waals surface area contributed by atoms with Crippen LogP contribution in [-0.4, -0.2) is 18.2 Å². The fourth-order valence-corrected chi connectivity index (χ4v) is 3.37. The van der Waals surface area contributed by atoms with Crippen LogP contribution in [0.4, 0.5) is 4.79 Å². The van der Waals surface area contributed by atoms with Crippen LogP contribution < -0.4 is 11.1 Å². The predicted octanol–water partition coefficient (Wildman–Crippen LogP) is 3.48. The molecule has 0 bridgehead atoms. The first-order chi connectivity index (χ1) is 10.2. The van der Waals surface area contributed by atoms with Gasteiger partial charge in [-0.25, -0.2) is 4.79 Å². The molecule has 2 rings (SSSR count). The summed E-state index contributed by atoms with van der Waals surface area (Å²) in [5.41, 5.74) is 6.63. The molecule has 1 fully saturated rings. The third-order valence-electron chi connectivity index (χ3n) is 4.58. The summed E-state index contributed by atoms with van der Waals surface area (Å²) in [4.78, 5) is 12.2. The average Bonchev–Trinajstić information content (AvgIpc) is 2.96. The van der Waals surface area contributed by atoms with Crippen molar-refractivity contribution < 1.29 is 9.53 Å². The molecule has 1 aromatic rings. The van der Waals surface area contributed by atoms with Gasteiger partial charge >= 0.3 is 6.09 Å². The molecule has 22 heavy (non-hydrogen) atoms. The van der Waals surface area contributed by atoms with E-state index in [1.54, 1.807) is 0 Å². The van der Waals surface area contributed by atoms with Crippen molar-refractivity contribution >= 4 is 6.09 Å². The standard InChI is InChI=1S/C18H28N2O2/c1-17(2,3)22-16(21)20-15(12-9-7-6-8-10-12)14-13(11-19)18(14,4)5/h6-10,13-15H,11,19H2,1-5H3,(H,20,21)/t13-,14+,15?/m0/s1. The summed E-state index contributed by atoms with van der Waals surface area (Å²) >= 11 is 0. The highest BCUT2D eigenvalue weighted by Gasteiger charge is 2.60. The smallest absolute Gasteiger partial charge is 0.408 e. The highest BCUT2D eigenvalue weighted by molar-refractivity contribution is 5.68. The molecular formula is C18H28N2O2. The first kappa shape index (κ1) is 16.8. The van der Waals surface area contributed by atoms with E-state index >= 15 is 0 Å². The number of ether oxygens (including phenoxy) is 1. The molecule has 0 saturated heterocycles. The first-order valence-electron chi connectivity index (χ1n) is 7.91. The van der Waals surface area contributed by atoms with E-state index in [1.807, 2.05) is 51.1 Å². The molecule has 0 aliphatic heterocycles. The molecule has 1 amide bonds. The van der Waals surface area contributed by atoms with E-state index in [0.717, 1.165) is 5.56 Å². The Bertz CT molecular complexity index is 520. The number of amides is 1. The Morgan fingerprint density at radius 3 is 2.36 bits per heavy atom. The number of hydrogen-bond donors (Lipinski definition) is 2. The van der Waals surface area contributed by atoms with Crippen LogP contribution in [0, 0.1) is 17.3 Å². The fraction of sp³-hybridized carbons (Fsp3) is 0.611. The van der Waals surface area contributed by atoms with Gasteiger partial charge in [0, 0.05) is 0 Å². The molecule has 122 valence electrons. The van der Waals surface area contributed by atoms with Gasteiger partial charge in [0.2, 0.25) is 0 Å². The Kier molecular flexibility index (Phi) is 4.52. The lowest BCUT2D eigenvalue weighted by molar-refractivity contribution is 0.0493. The largest absolute Gasteiger partial charge is 0.444 e. The molecule has 1 unspecified atom stereocenters. The van der Waals surface area contributed by atoms with E-state index in [-0.39, 0.29) is 17.6 Å². The molecule has 1 saturated carbocycles. The van der Waals surface area contributed by atoms with E-state index < -0.39 is 5.60 Å². The van der Waals surface area contributed by atoms with Crippen molar-refractivity contribution in [2.24, 2.45) is 23.0 Å². The molecule has 1 aliphatic carbocycles. The molecule has 0 aromatic heterocycles. The molecule has 1 aliphatic rings. The minimum absolute atomic E-state index is 0.0698. The van der Waals surface area contributed by atoms with Crippen molar-refractivity contribution in [3.63, 3.8) is 0 Å². The number of carbonyl (C=O) groups excluding carboxylic acids is 1. The summed E-state index contributed by atoms with van der Waals surface area (Å²) in [6.07, 6.45) is -0.375. The summed E-state index contributed by atoms with van der Waals surface area (Å²) in [6.45, 7) is 10.7. The molecule has 4 nitrogen and oxygen atoms in total. The summed E-state index contributed by atoms with van der Waals surface area (Å²) in [6, 6.07) is 9.98. The molecule has 4 heteroatoms. The number of benzene rings is 1. The molecule has 1 aromatic carbocycles. The maximum Gasteiger partial charge on any atom is 0.408 e. The van der Waals surface area contributed by atoms with Gasteiger partial charge in [0.1, 0.15) is 5.60 Å². The van der Waals surface area contributed by atoms with Crippen molar-refractivity contribution in [2.75, 3.05) is 6.54 Å². The van der Waals surface area contributed by atoms with Gasteiger partial charge in [-0.05, 0) is 50.1 Å². The maximum absolute atomic E-state index is 12.2. The van der Waals surface area contributed by atoms with Crippen molar-refractivity contribution in [2.45, 2.75) is 46.3 Å². The van der Waals surface area contributed by atoms with Gasteiger partial charge in [-0.15, -0.1) is 0 Å². The zero-order valence-electron chi connectivity index (χ0n) is 14.2. The van der Waals surface area contributed by atoms with Gasteiger partial charge in [0.25, 0.3) is 0 Å². The normalized spacial score (nSPS) is 24.5. The summed E-state index contributed by atoms with van der Waals surface area (Å²) in [5, 5.41) is 3.06. The van der Waals surface area contributed by atoms with Gasteiger partial charge in [0.05, 0.1) is 6.04 Å². The van der Waals surface area contributed by atoms with Crippen LogP contribution in [0.15, 0.2) is 30.3 Å². The van der Waals surface area contributed by atoms with Crippen LogP contribution in [0.25, 0.3) is 0 Å². The third kappa shape index (κ3) is 3.61. The fourth-order valence-electron chi connectivity index (χ4n) is 3.37.